The Bertz CT molecular complexity index is 522. The molecule has 5 nitrogen and oxygen atoms in total. The Labute approximate surface area is 94.0 Å². The van der Waals surface area contributed by atoms with E-state index in [2.05, 4.69) is 46.0 Å². The summed E-state index contributed by atoms with van der Waals surface area (Å²) in [6.07, 6.45) is 3.14. The van der Waals surface area contributed by atoms with Crippen molar-refractivity contribution in [3.05, 3.63) is 23.8 Å². The van der Waals surface area contributed by atoms with Crippen LogP contribution in [0.4, 0.5) is 5.82 Å². The van der Waals surface area contributed by atoms with Crippen LogP contribution in [0.3, 0.4) is 0 Å². The van der Waals surface area contributed by atoms with Crippen LogP contribution in [-0.4, -0.2) is 26.5 Å². The van der Waals surface area contributed by atoms with E-state index in [1.807, 2.05) is 0 Å². The van der Waals surface area contributed by atoms with Crippen LogP contribution in [-0.2, 0) is 0 Å². The fourth-order valence-corrected chi connectivity index (χ4v) is 1.29. The van der Waals surface area contributed by atoms with Gasteiger partial charge in [0.2, 0.25) is 0 Å². The number of allylic oxidation sites excluding steroid dienone is 1. The second-order valence-electron chi connectivity index (χ2n) is 3.96. The van der Waals surface area contributed by atoms with Crippen molar-refractivity contribution in [3.63, 3.8) is 0 Å². The number of nitrogens with zero attached hydrogens (tertiary/aromatic N) is 3. The minimum Gasteiger partial charge on any atom is -0.364 e. The van der Waals surface area contributed by atoms with Crippen LogP contribution >= 0.6 is 0 Å². The maximum atomic E-state index is 4.19. The summed E-state index contributed by atoms with van der Waals surface area (Å²) in [5.74, 6) is 0.795. The molecule has 0 spiro atoms. The first-order valence-electron chi connectivity index (χ1n) is 5.19. The van der Waals surface area contributed by atoms with Gasteiger partial charge in [-0.25, -0.2) is 15.0 Å². The van der Waals surface area contributed by atoms with Gasteiger partial charge in [0.05, 0.1) is 6.33 Å². The summed E-state index contributed by atoms with van der Waals surface area (Å²) in [7, 11) is 0. The molecule has 2 aromatic rings. The first kappa shape index (κ1) is 10.6. The molecule has 0 atom stereocenters. The van der Waals surface area contributed by atoms with Gasteiger partial charge >= 0.3 is 0 Å². The van der Waals surface area contributed by atoms with Crippen LogP contribution in [0.25, 0.3) is 11.2 Å². The quantitative estimate of drug-likeness (QED) is 0.773. The van der Waals surface area contributed by atoms with Crippen molar-refractivity contribution in [1.82, 2.24) is 19.9 Å². The average molecular weight is 217 g/mol. The zero-order chi connectivity index (χ0) is 11.5. The molecule has 0 aliphatic rings. The largest absolute Gasteiger partial charge is 0.364 e. The molecule has 0 radical (unpaired) electrons. The molecule has 16 heavy (non-hydrogen) atoms. The number of rotatable bonds is 3. The minimum absolute atomic E-state index is 0.687. The molecule has 2 heterocycles. The molecule has 2 N–H and O–H groups in total. The Hall–Kier alpha value is -1.91. The van der Waals surface area contributed by atoms with Crippen molar-refractivity contribution in [3.8, 4) is 0 Å². The smallest absolute Gasteiger partial charge is 0.182 e. The molecule has 0 bridgehead atoms. The highest BCUT2D eigenvalue weighted by atomic mass is 15.1. The molecule has 2 rings (SSSR count). The minimum atomic E-state index is 0.687. The molecule has 0 unspecified atom stereocenters. The predicted molar refractivity (Wildman–Crippen MR) is 64.2 cm³/mol. The van der Waals surface area contributed by atoms with Gasteiger partial charge < -0.3 is 10.3 Å². The Morgan fingerprint density at radius 2 is 2.06 bits per heavy atom. The molecular formula is C11H15N5. The molecule has 0 aliphatic heterocycles. The number of hydrogen-bond acceptors (Lipinski definition) is 4. The van der Waals surface area contributed by atoms with Gasteiger partial charge in [-0.15, -0.1) is 0 Å². The monoisotopic (exact) mass is 217 g/mol. The molecule has 0 fully saturated rings. The number of imidazole rings is 1. The lowest BCUT2D eigenvalue weighted by atomic mass is 10.2. The van der Waals surface area contributed by atoms with Crippen LogP contribution in [0.2, 0.25) is 0 Å². The van der Waals surface area contributed by atoms with Crippen LogP contribution in [0.1, 0.15) is 20.8 Å². The van der Waals surface area contributed by atoms with E-state index in [0.717, 1.165) is 17.9 Å². The highest BCUT2D eigenvalue weighted by Crippen LogP contribution is 2.14. The number of fused-ring (bicyclic) bond motifs is 1. The van der Waals surface area contributed by atoms with Crippen molar-refractivity contribution < 1.29 is 0 Å². The number of hydrogen-bond donors (Lipinski definition) is 2. The van der Waals surface area contributed by atoms with E-state index in [0.29, 0.717) is 5.65 Å². The molecule has 0 aromatic carbocycles. The summed E-state index contributed by atoms with van der Waals surface area (Å²) in [6, 6.07) is 0. The fourth-order valence-electron chi connectivity index (χ4n) is 1.29. The average Bonchev–Trinajstić information content (AvgIpc) is 2.73. The third-order valence-corrected chi connectivity index (χ3v) is 2.60. The van der Waals surface area contributed by atoms with E-state index in [1.165, 1.54) is 17.5 Å². The lowest BCUT2D eigenvalue weighted by Gasteiger charge is -2.07. The lowest BCUT2D eigenvalue weighted by Crippen LogP contribution is -2.06. The van der Waals surface area contributed by atoms with Gasteiger partial charge in [-0.05, 0) is 20.8 Å². The second kappa shape index (κ2) is 4.30. The summed E-state index contributed by atoms with van der Waals surface area (Å²) in [4.78, 5) is 15.4. The van der Waals surface area contributed by atoms with Crippen LogP contribution in [0.15, 0.2) is 23.8 Å². The Morgan fingerprint density at radius 3 is 2.81 bits per heavy atom. The van der Waals surface area contributed by atoms with Crippen molar-refractivity contribution in [2.24, 2.45) is 0 Å². The normalized spacial score (nSPS) is 10.4. The molecule has 2 aromatic heterocycles. The van der Waals surface area contributed by atoms with Gasteiger partial charge in [-0.2, -0.15) is 0 Å². The molecule has 0 amide bonds. The SMILES string of the molecule is CC(C)=C(C)CNc1ncnc2nc[nH]c12. The Kier molecular flexibility index (Phi) is 2.85. The summed E-state index contributed by atoms with van der Waals surface area (Å²) in [5.41, 5.74) is 4.17. The zero-order valence-corrected chi connectivity index (χ0v) is 9.70. The van der Waals surface area contributed by atoms with Crippen molar-refractivity contribution in [2.45, 2.75) is 20.8 Å². The van der Waals surface area contributed by atoms with E-state index in [1.54, 1.807) is 6.33 Å². The highest BCUT2D eigenvalue weighted by molar-refractivity contribution is 5.81. The van der Waals surface area contributed by atoms with Gasteiger partial charge in [0.15, 0.2) is 11.5 Å². The Morgan fingerprint density at radius 1 is 1.25 bits per heavy atom. The standard InChI is InChI=1S/C11H15N5/c1-7(2)8(3)4-12-10-9-11(14-5-13-9)16-6-15-10/h5-6H,4H2,1-3H3,(H2,12,13,14,15,16). The van der Waals surface area contributed by atoms with Crippen LogP contribution in [0, 0.1) is 0 Å². The maximum absolute atomic E-state index is 4.19. The van der Waals surface area contributed by atoms with E-state index in [9.17, 15) is 0 Å². The number of H-pyrrole nitrogens is 1. The van der Waals surface area contributed by atoms with Gasteiger partial charge in [0, 0.05) is 6.54 Å². The molecule has 5 heteroatoms. The summed E-state index contributed by atoms with van der Waals surface area (Å²) >= 11 is 0. The topological polar surface area (TPSA) is 66.5 Å². The first-order chi connectivity index (χ1) is 7.68. The molecule has 0 saturated carbocycles. The van der Waals surface area contributed by atoms with E-state index < -0.39 is 0 Å². The first-order valence-corrected chi connectivity index (χ1v) is 5.19. The van der Waals surface area contributed by atoms with Gasteiger partial charge in [0.25, 0.3) is 0 Å². The Balaban J connectivity index is 2.22. The van der Waals surface area contributed by atoms with E-state index >= 15 is 0 Å². The third-order valence-electron chi connectivity index (χ3n) is 2.60. The summed E-state index contributed by atoms with van der Waals surface area (Å²) in [5, 5.41) is 3.27. The number of aromatic amines is 1. The highest BCUT2D eigenvalue weighted by Gasteiger charge is 2.04. The number of anilines is 1. The summed E-state index contributed by atoms with van der Waals surface area (Å²) < 4.78 is 0. The van der Waals surface area contributed by atoms with E-state index in [-0.39, 0.29) is 0 Å². The fraction of sp³-hybridized carbons (Fsp3) is 0.364. The lowest BCUT2D eigenvalue weighted by molar-refractivity contribution is 1.10. The molecule has 0 aliphatic carbocycles. The molecule has 0 saturated heterocycles. The maximum Gasteiger partial charge on any atom is 0.182 e. The molecule has 84 valence electrons. The van der Waals surface area contributed by atoms with Gasteiger partial charge in [0.1, 0.15) is 11.8 Å². The molecular weight excluding hydrogens is 202 g/mol. The van der Waals surface area contributed by atoms with Crippen molar-refractivity contribution >= 4 is 17.0 Å². The second-order valence-corrected chi connectivity index (χ2v) is 3.96. The zero-order valence-electron chi connectivity index (χ0n) is 9.70. The van der Waals surface area contributed by atoms with E-state index in [4.69, 9.17) is 0 Å². The third kappa shape index (κ3) is 2.03. The number of aromatic nitrogens is 4. The summed E-state index contributed by atoms with van der Waals surface area (Å²) in [6.45, 7) is 7.09. The van der Waals surface area contributed by atoms with Gasteiger partial charge in [-0.1, -0.05) is 11.1 Å². The predicted octanol–water partition coefficient (Wildman–Crippen LogP) is 2.12. The van der Waals surface area contributed by atoms with Crippen LogP contribution in [0.5, 0.6) is 0 Å². The number of nitrogens with one attached hydrogen (secondary N) is 2. The van der Waals surface area contributed by atoms with Crippen molar-refractivity contribution in [2.75, 3.05) is 11.9 Å². The van der Waals surface area contributed by atoms with Crippen molar-refractivity contribution in [1.29, 1.82) is 0 Å². The van der Waals surface area contributed by atoms with Gasteiger partial charge in [-0.3, -0.25) is 0 Å². The van der Waals surface area contributed by atoms with Crippen LogP contribution < -0.4 is 5.32 Å².